The minimum absolute atomic E-state index is 0.444. The van der Waals surface area contributed by atoms with Crippen molar-refractivity contribution in [3.63, 3.8) is 0 Å². The minimum Gasteiger partial charge on any atom is -0.368 e. The summed E-state index contributed by atoms with van der Waals surface area (Å²) in [5, 5.41) is 2.36. The van der Waals surface area contributed by atoms with Gasteiger partial charge in [0.15, 0.2) is 6.04 Å². The largest absolute Gasteiger partial charge is 0.368 e. The van der Waals surface area contributed by atoms with Crippen molar-refractivity contribution in [3.8, 4) is 0 Å². The first-order valence-electron chi connectivity index (χ1n) is 2.92. The topological polar surface area (TPSA) is 98.2 Å². The number of carbonyl (C=O) groups excluding carboxylic acids is 2. The highest BCUT2D eigenvalue weighted by molar-refractivity contribution is 6.03. The Morgan fingerprint density at radius 1 is 1.60 bits per heavy atom. The number of carbonyl (C=O) groups is 2. The van der Waals surface area contributed by atoms with Crippen LogP contribution in [0.1, 0.15) is 6.92 Å². The zero-order valence-electron chi connectivity index (χ0n) is 5.76. The Kier molecular flexibility index (Phi) is 3.42. The van der Waals surface area contributed by atoms with Crippen LogP contribution in [0.15, 0.2) is 0 Å². The van der Waals surface area contributed by atoms with Crippen LogP contribution in [0.5, 0.6) is 0 Å². The summed E-state index contributed by atoms with van der Waals surface area (Å²) in [6, 6.07) is -1.22. The SMILES string of the molecule is CCNC(=O)C(N)C(N)=O. The van der Waals surface area contributed by atoms with Crippen molar-refractivity contribution < 1.29 is 9.59 Å². The molecule has 10 heavy (non-hydrogen) atoms. The summed E-state index contributed by atoms with van der Waals surface area (Å²) in [7, 11) is 0. The second kappa shape index (κ2) is 3.84. The molecule has 0 bridgehead atoms. The first-order chi connectivity index (χ1) is 4.59. The van der Waals surface area contributed by atoms with Gasteiger partial charge < -0.3 is 16.8 Å². The van der Waals surface area contributed by atoms with E-state index >= 15 is 0 Å². The first kappa shape index (κ1) is 8.90. The molecule has 0 aromatic heterocycles. The van der Waals surface area contributed by atoms with Crippen LogP contribution in [0.25, 0.3) is 0 Å². The maximum atomic E-state index is 10.6. The maximum Gasteiger partial charge on any atom is 0.246 e. The molecule has 0 spiro atoms. The number of hydrogen-bond acceptors (Lipinski definition) is 3. The molecule has 0 aliphatic carbocycles. The predicted molar refractivity (Wildman–Crippen MR) is 35.9 cm³/mol. The maximum absolute atomic E-state index is 10.6. The van der Waals surface area contributed by atoms with Gasteiger partial charge in [-0.1, -0.05) is 0 Å². The van der Waals surface area contributed by atoms with Crippen molar-refractivity contribution in [2.75, 3.05) is 6.54 Å². The molecular formula is C5H11N3O2. The Morgan fingerprint density at radius 3 is 2.40 bits per heavy atom. The lowest BCUT2D eigenvalue weighted by atomic mass is 10.3. The van der Waals surface area contributed by atoms with Crippen LogP contribution < -0.4 is 16.8 Å². The van der Waals surface area contributed by atoms with Crippen molar-refractivity contribution in [1.82, 2.24) is 5.32 Å². The third-order valence-corrected chi connectivity index (χ3v) is 0.940. The summed E-state index contributed by atoms with van der Waals surface area (Å²) >= 11 is 0. The van der Waals surface area contributed by atoms with Crippen LogP contribution in [0.2, 0.25) is 0 Å². The highest BCUT2D eigenvalue weighted by atomic mass is 16.2. The molecule has 0 aromatic rings. The molecule has 2 amide bonds. The van der Waals surface area contributed by atoms with Crippen LogP contribution in [-0.2, 0) is 9.59 Å². The molecular weight excluding hydrogens is 134 g/mol. The Balaban J connectivity index is 3.82. The minimum atomic E-state index is -1.22. The summed E-state index contributed by atoms with van der Waals surface area (Å²) in [6.45, 7) is 2.17. The second-order valence-electron chi connectivity index (χ2n) is 1.77. The molecule has 0 saturated heterocycles. The number of nitrogens with two attached hydrogens (primary N) is 2. The molecule has 5 N–H and O–H groups in total. The van der Waals surface area contributed by atoms with E-state index in [4.69, 9.17) is 11.5 Å². The van der Waals surface area contributed by atoms with E-state index in [0.29, 0.717) is 6.54 Å². The molecule has 0 saturated carbocycles. The molecule has 0 heterocycles. The van der Waals surface area contributed by atoms with Crippen molar-refractivity contribution >= 4 is 11.8 Å². The summed E-state index contributed by atoms with van der Waals surface area (Å²) in [4.78, 5) is 20.9. The number of rotatable bonds is 3. The van der Waals surface area contributed by atoms with Crippen molar-refractivity contribution in [3.05, 3.63) is 0 Å². The van der Waals surface area contributed by atoms with Gasteiger partial charge in [0.05, 0.1) is 0 Å². The van der Waals surface area contributed by atoms with Gasteiger partial charge in [-0.15, -0.1) is 0 Å². The van der Waals surface area contributed by atoms with Crippen LogP contribution >= 0.6 is 0 Å². The van der Waals surface area contributed by atoms with Gasteiger partial charge in [-0.05, 0) is 6.92 Å². The molecule has 0 aliphatic rings. The molecule has 1 unspecified atom stereocenters. The van der Waals surface area contributed by atoms with Crippen LogP contribution in [0.3, 0.4) is 0 Å². The molecule has 0 rings (SSSR count). The highest BCUT2D eigenvalue weighted by Gasteiger charge is 2.17. The Bertz CT molecular complexity index is 146. The van der Waals surface area contributed by atoms with Gasteiger partial charge >= 0.3 is 0 Å². The molecule has 0 aliphatic heterocycles. The fourth-order valence-electron chi connectivity index (χ4n) is 0.413. The van der Waals surface area contributed by atoms with E-state index in [1.54, 1.807) is 6.92 Å². The second-order valence-corrected chi connectivity index (χ2v) is 1.77. The number of likely N-dealkylation sites (N-methyl/N-ethyl adjacent to an activating group) is 1. The van der Waals surface area contributed by atoms with E-state index in [0.717, 1.165) is 0 Å². The lowest BCUT2D eigenvalue weighted by Gasteiger charge is -2.05. The van der Waals surface area contributed by atoms with Crippen LogP contribution in [0, 0.1) is 0 Å². The third kappa shape index (κ3) is 2.45. The molecule has 1 atom stereocenters. The molecule has 5 heteroatoms. The molecule has 0 radical (unpaired) electrons. The Hall–Kier alpha value is -1.10. The molecule has 0 aromatic carbocycles. The monoisotopic (exact) mass is 145 g/mol. The van der Waals surface area contributed by atoms with E-state index in [2.05, 4.69) is 5.32 Å². The molecule has 0 fully saturated rings. The predicted octanol–water partition coefficient (Wildman–Crippen LogP) is -2.06. The summed E-state index contributed by atoms with van der Waals surface area (Å²) in [5.41, 5.74) is 9.80. The smallest absolute Gasteiger partial charge is 0.246 e. The van der Waals surface area contributed by atoms with Gasteiger partial charge in [-0.25, -0.2) is 0 Å². The van der Waals surface area contributed by atoms with Gasteiger partial charge in [-0.2, -0.15) is 0 Å². The van der Waals surface area contributed by atoms with Crippen molar-refractivity contribution in [1.29, 1.82) is 0 Å². The van der Waals surface area contributed by atoms with E-state index < -0.39 is 17.9 Å². The van der Waals surface area contributed by atoms with E-state index in [-0.39, 0.29) is 0 Å². The van der Waals surface area contributed by atoms with E-state index in [9.17, 15) is 9.59 Å². The zero-order valence-corrected chi connectivity index (χ0v) is 5.76. The quantitative estimate of drug-likeness (QED) is 0.398. The Labute approximate surface area is 58.8 Å². The lowest BCUT2D eigenvalue weighted by molar-refractivity contribution is -0.129. The first-order valence-corrected chi connectivity index (χ1v) is 2.92. The normalized spacial score (nSPS) is 12.2. The lowest BCUT2D eigenvalue weighted by Crippen LogP contribution is -2.49. The van der Waals surface area contributed by atoms with Crippen molar-refractivity contribution in [2.45, 2.75) is 13.0 Å². The van der Waals surface area contributed by atoms with Gasteiger partial charge in [0.1, 0.15) is 0 Å². The number of primary amides is 1. The summed E-state index contributed by atoms with van der Waals surface area (Å²) in [5.74, 6) is -1.35. The average molecular weight is 145 g/mol. The average Bonchev–Trinajstić information content (AvgIpc) is 1.87. The summed E-state index contributed by atoms with van der Waals surface area (Å²) < 4.78 is 0. The fraction of sp³-hybridized carbons (Fsp3) is 0.600. The standard InChI is InChI=1S/C5H11N3O2/c1-2-8-5(10)3(6)4(7)9/h3H,2,6H2,1H3,(H2,7,9)(H,8,10). The van der Waals surface area contributed by atoms with Gasteiger partial charge in [-0.3, -0.25) is 9.59 Å². The third-order valence-electron chi connectivity index (χ3n) is 0.940. The number of amides is 2. The zero-order chi connectivity index (χ0) is 8.15. The molecule has 58 valence electrons. The van der Waals surface area contributed by atoms with Gasteiger partial charge in [0.25, 0.3) is 0 Å². The van der Waals surface area contributed by atoms with Crippen LogP contribution in [0.4, 0.5) is 0 Å². The Morgan fingerprint density at radius 2 is 2.10 bits per heavy atom. The summed E-state index contributed by atoms with van der Waals surface area (Å²) in [6.07, 6.45) is 0. The number of nitrogens with one attached hydrogen (secondary N) is 1. The highest BCUT2D eigenvalue weighted by Crippen LogP contribution is 1.74. The number of hydrogen-bond donors (Lipinski definition) is 3. The van der Waals surface area contributed by atoms with Gasteiger partial charge in [0.2, 0.25) is 11.8 Å². The fourth-order valence-corrected chi connectivity index (χ4v) is 0.413. The molecule has 5 nitrogen and oxygen atoms in total. The van der Waals surface area contributed by atoms with E-state index in [1.165, 1.54) is 0 Å². The van der Waals surface area contributed by atoms with Crippen LogP contribution in [-0.4, -0.2) is 24.4 Å². The van der Waals surface area contributed by atoms with Gasteiger partial charge in [0, 0.05) is 6.54 Å². The van der Waals surface area contributed by atoms with Crippen molar-refractivity contribution in [2.24, 2.45) is 11.5 Å². The van der Waals surface area contributed by atoms with E-state index in [1.807, 2.05) is 0 Å².